The molecule has 6 nitrogen and oxygen atoms in total. The summed E-state index contributed by atoms with van der Waals surface area (Å²) < 4.78 is 10.5. The third-order valence-corrected chi connectivity index (χ3v) is 4.21. The summed E-state index contributed by atoms with van der Waals surface area (Å²) in [6, 6.07) is 16.2. The Labute approximate surface area is 155 Å². The van der Waals surface area contributed by atoms with Crippen LogP contribution in [0.2, 0.25) is 0 Å². The molecule has 3 N–H and O–H groups in total. The maximum atomic E-state index is 6.02. The third-order valence-electron chi connectivity index (χ3n) is 4.21. The van der Waals surface area contributed by atoms with Crippen LogP contribution in [0.4, 0.5) is 5.69 Å². The summed E-state index contributed by atoms with van der Waals surface area (Å²) in [6.07, 6.45) is 0. The molecule has 0 saturated heterocycles. The van der Waals surface area contributed by atoms with Gasteiger partial charge in [0.2, 0.25) is 0 Å². The summed E-state index contributed by atoms with van der Waals surface area (Å²) >= 11 is 0. The standard InChI is InChI=1S/C20H28N4O2/c1-15(24(2)14-16-8-6-5-7-9-16)13-22-20(21)23-17-10-11-18(25-3)19(12-17)26-4/h5-12,15H,13-14H2,1-4H3,(H3,21,22,23). The normalized spacial score (nSPS) is 12.7. The minimum Gasteiger partial charge on any atom is -0.493 e. The second kappa shape index (κ2) is 9.68. The summed E-state index contributed by atoms with van der Waals surface area (Å²) in [5.74, 6) is 1.68. The number of benzene rings is 2. The first-order chi connectivity index (χ1) is 12.5. The van der Waals surface area contributed by atoms with E-state index in [-0.39, 0.29) is 6.04 Å². The summed E-state index contributed by atoms with van der Waals surface area (Å²) in [4.78, 5) is 6.70. The van der Waals surface area contributed by atoms with E-state index in [0.717, 1.165) is 12.2 Å². The van der Waals surface area contributed by atoms with Gasteiger partial charge in [-0.05, 0) is 31.7 Å². The first kappa shape index (κ1) is 19.6. The second-order valence-electron chi connectivity index (χ2n) is 6.17. The Kier molecular flexibility index (Phi) is 7.29. The van der Waals surface area contributed by atoms with Crippen molar-refractivity contribution in [3.8, 4) is 11.5 Å². The van der Waals surface area contributed by atoms with Gasteiger partial charge in [0.25, 0.3) is 0 Å². The zero-order valence-electron chi connectivity index (χ0n) is 15.9. The molecule has 0 spiro atoms. The van der Waals surface area contributed by atoms with Crippen LogP contribution >= 0.6 is 0 Å². The Morgan fingerprint density at radius 2 is 1.81 bits per heavy atom. The number of nitrogens with one attached hydrogen (secondary N) is 1. The number of nitrogens with two attached hydrogens (primary N) is 1. The van der Waals surface area contributed by atoms with E-state index in [2.05, 4.69) is 53.4 Å². The molecule has 0 aliphatic carbocycles. The van der Waals surface area contributed by atoms with Crippen molar-refractivity contribution in [2.75, 3.05) is 33.1 Å². The minimum atomic E-state index is 0.265. The summed E-state index contributed by atoms with van der Waals surface area (Å²) in [7, 11) is 5.29. The number of anilines is 1. The van der Waals surface area contributed by atoms with E-state index in [1.165, 1.54) is 5.56 Å². The molecular weight excluding hydrogens is 328 g/mol. The molecule has 2 aromatic carbocycles. The van der Waals surface area contributed by atoms with Gasteiger partial charge >= 0.3 is 0 Å². The van der Waals surface area contributed by atoms with Crippen molar-refractivity contribution >= 4 is 11.6 Å². The maximum absolute atomic E-state index is 6.02. The van der Waals surface area contributed by atoms with Crippen molar-refractivity contribution in [2.24, 2.45) is 10.7 Å². The molecule has 140 valence electrons. The molecule has 1 atom stereocenters. The van der Waals surface area contributed by atoms with E-state index >= 15 is 0 Å². The van der Waals surface area contributed by atoms with Crippen molar-refractivity contribution < 1.29 is 9.47 Å². The smallest absolute Gasteiger partial charge is 0.193 e. The number of aliphatic imine (C=N–C) groups is 1. The molecule has 6 heteroatoms. The fourth-order valence-electron chi connectivity index (χ4n) is 2.50. The van der Waals surface area contributed by atoms with Crippen LogP contribution in [0.15, 0.2) is 53.5 Å². The molecule has 0 radical (unpaired) electrons. The van der Waals surface area contributed by atoms with Crippen molar-refractivity contribution in [2.45, 2.75) is 19.5 Å². The highest BCUT2D eigenvalue weighted by Gasteiger charge is 2.10. The van der Waals surface area contributed by atoms with E-state index < -0.39 is 0 Å². The Hall–Kier alpha value is -2.73. The van der Waals surface area contributed by atoms with Gasteiger partial charge in [-0.1, -0.05) is 30.3 Å². The van der Waals surface area contributed by atoms with Gasteiger partial charge in [0.1, 0.15) is 0 Å². The fraction of sp³-hybridized carbons (Fsp3) is 0.350. The van der Waals surface area contributed by atoms with Crippen molar-refractivity contribution in [1.29, 1.82) is 0 Å². The van der Waals surface area contributed by atoms with Gasteiger partial charge < -0.3 is 20.5 Å². The van der Waals surface area contributed by atoms with E-state index in [1.807, 2.05) is 24.3 Å². The molecule has 0 saturated carbocycles. The van der Waals surface area contributed by atoms with Gasteiger partial charge in [0.05, 0.1) is 20.8 Å². The molecule has 2 aromatic rings. The van der Waals surface area contributed by atoms with Crippen LogP contribution in [0.5, 0.6) is 11.5 Å². The Balaban J connectivity index is 1.90. The Bertz CT molecular complexity index is 719. The molecule has 0 amide bonds. The molecular formula is C20H28N4O2. The summed E-state index contributed by atoms with van der Waals surface area (Å²) in [6.45, 7) is 3.62. The van der Waals surface area contributed by atoms with Crippen molar-refractivity contribution in [3.63, 3.8) is 0 Å². The minimum absolute atomic E-state index is 0.265. The number of hydrogen-bond acceptors (Lipinski definition) is 4. The summed E-state index contributed by atoms with van der Waals surface area (Å²) in [5.41, 5.74) is 8.10. The molecule has 26 heavy (non-hydrogen) atoms. The SMILES string of the molecule is COc1ccc(NC(N)=NCC(C)N(C)Cc2ccccc2)cc1OC. The summed E-state index contributed by atoms with van der Waals surface area (Å²) in [5, 5.41) is 3.09. The molecule has 0 aliphatic rings. The Morgan fingerprint density at radius 3 is 2.46 bits per heavy atom. The van der Waals surface area contributed by atoms with Crippen LogP contribution in [0.3, 0.4) is 0 Å². The van der Waals surface area contributed by atoms with Gasteiger partial charge in [-0.2, -0.15) is 0 Å². The van der Waals surface area contributed by atoms with Gasteiger partial charge in [-0.25, -0.2) is 0 Å². The predicted octanol–water partition coefficient (Wildman–Crippen LogP) is 2.95. The number of hydrogen-bond donors (Lipinski definition) is 2. The highest BCUT2D eigenvalue weighted by Crippen LogP contribution is 2.29. The quantitative estimate of drug-likeness (QED) is 0.562. The maximum Gasteiger partial charge on any atom is 0.193 e. The van der Waals surface area contributed by atoms with E-state index in [4.69, 9.17) is 15.2 Å². The van der Waals surface area contributed by atoms with Gasteiger partial charge in [0, 0.05) is 24.3 Å². The number of nitrogens with zero attached hydrogens (tertiary/aromatic N) is 2. The molecule has 0 bridgehead atoms. The van der Waals surface area contributed by atoms with Gasteiger partial charge in [0.15, 0.2) is 17.5 Å². The van der Waals surface area contributed by atoms with Crippen LogP contribution < -0.4 is 20.5 Å². The zero-order valence-corrected chi connectivity index (χ0v) is 15.9. The molecule has 0 heterocycles. The highest BCUT2D eigenvalue weighted by molar-refractivity contribution is 5.92. The monoisotopic (exact) mass is 356 g/mol. The lowest BCUT2D eigenvalue weighted by molar-refractivity contribution is 0.255. The average Bonchev–Trinajstić information content (AvgIpc) is 2.66. The molecule has 1 unspecified atom stereocenters. The topological polar surface area (TPSA) is 72.1 Å². The van der Waals surface area contributed by atoms with E-state index in [0.29, 0.717) is 24.0 Å². The van der Waals surface area contributed by atoms with Crippen molar-refractivity contribution in [1.82, 2.24) is 4.90 Å². The number of rotatable bonds is 8. The van der Waals surface area contributed by atoms with E-state index in [9.17, 15) is 0 Å². The number of ether oxygens (including phenoxy) is 2. The lowest BCUT2D eigenvalue weighted by Crippen LogP contribution is -2.32. The van der Waals surface area contributed by atoms with Crippen LogP contribution in [0, 0.1) is 0 Å². The number of likely N-dealkylation sites (N-methyl/N-ethyl adjacent to an activating group) is 1. The zero-order chi connectivity index (χ0) is 18.9. The van der Waals surface area contributed by atoms with Crippen LogP contribution in [-0.2, 0) is 6.54 Å². The Morgan fingerprint density at radius 1 is 1.12 bits per heavy atom. The first-order valence-electron chi connectivity index (χ1n) is 8.56. The lowest BCUT2D eigenvalue weighted by Gasteiger charge is -2.23. The molecule has 0 aliphatic heterocycles. The molecule has 0 fully saturated rings. The average molecular weight is 356 g/mol. The van der Waals surface area contributed by atoms with E-state index in [1.54, 1.807) is 14.2 Å². The number of methoxy groups -OCH3 is 2. The third kappa shape index (κ3) is 5.67. The fourth-order valence-corrected chi connectivity index (χ4v) is 2.50. The van der Waals surface area contributed by atoms with Gasteiger partial charge in [-0.3, -0.25) is 9.89 Å². The highest BCUT2D eigenvalue weighted by atomic mass is 16.5. The predicted molar refractivity (Wildman–Crippen MR) is 107 cm³/mol. The van der Waals surface area contributed by atoms with Crippen LogP contribution in [-0.4, -0.2) is 44.7 Å². The molecule has 0 aromatic heterocycles. The first-order valence-corrected chi connectivity index (χ1v) is 8.56. The van der Waals surface area contributed by atoms with Crippen LogP contribution in [0.25, 0.3) is 0 Å². The second-order valence-corrected chi connectivity index (χ2v) is 6.17. The lowest BCUT2D eigenvalue weighted by atomic mass is 10.2. The number of guanidine groups is 1. The molecule has 2 rings (SSSR count). The van der Waals surface area contributed by atoms with Gasteiger partial charge in [-0.15, -0.1) is 0 Å². The van der Waals surface area contributed by atoms with Crippen LogP contribution in [0.1, 0.15) is 12.5 Å². The van der Waals surface area contributed by atoms with Crippen molar-refractivity contribution in [3.05, 3.63) is 54.1 Å². The largest absolute Gasteiger partial charge is 0.493 e.